The van der Waals surface area contributed by atoms with E-state index in [1.165, 1.54) is 17.7 Å². The quantitative estimate of drug-likeness (QED) is 0.728. The van der Waals surface area contributed by atoms with Gasteiger partial charge in [0.15, 0.2) is 5.66 Å². The second kappa shape index (κ2) is 8.29. The summed E-state index contributed by atoms with van der Waals surface area (Å²) in [5.41, 5.74) is 3.74. The Morgan fingerprint density at radius 1 is 1.35 bits per heavy atom. The van der Waals surface area contributed by atoms with Gasteiger partial charge in [-0.05, 0) is 68.2 Å². The number of nitrogens with one attached hydrogen (secondary N) is 1. The molecule has 0 bridgehead atoms. The standard InChI is InChI=1S/C27H33N5O2.H2/c1-3-32-25-22(26(33)31(2)17-27(32)14-19-13-20(19)16-30-27)12-18(15-29-25)9-11-34-24-8-4-7-23-21(24)6-5-10-28-23;/h4,7-8,12,15-16,19-20,28H,3,5-6,9-11,13-14,17H2,1-2H3;1H. The second-order valence-corrected chi connectivity index (χ2v) is 10.2. The first-order valence-corrected chi connectivity index (χ1v) is 12.6. The zero-order valence-corrected chi connectivity index (χ0v) is 20.1. The van der Waals surface area contributed by atoms with Gasteiger partial charge < -0.3 is 19.9 Å². The van der Waals surface area contributed by atoms with E-state index < -0.39 is 5.66 Å². The fourth-order valence-corrected chi connectivity index (χ4v) is 5.97. The predicted octanol–water partition coefficient (Wildman–Crippen LogP) is 4.03. The lowest BCUT2D eigenvalue weighted by atomic mass is 9.97. The highest BCUT2D eigenvalue weighted by molar-refractivity contribution is 6.00. The highest BCUT2D eigenvalue weighted by atomic mass is 16.5. The van der Waals surface area contributed by atoms with E-state index in [4.69, 9.17) is 14.7 Å². The van der Waals surface area contributed by atoms with Crippen LogP contribution >= 0.6 is 0 Å². The number of hydrogen-bond donors (Lipinski definition) is 1. The third kappa shape index (κ3) is 3.62. The Kier molecular flexibility index (Phi) is 5.23. The zero-order chi connectivity index (χ0) is 23.3. The molecule has 4 aliphatic rings. The van der Waals surface area contributed by atoms with Crippen molar-refractivity contribution in [2.45, 2.75) is 44.7 Å². The first kappa shape index (κ1) is 21.4. The maximum absolute atomic E-state index is 13.4. The first-order valence-electron chi connectivity index (χ1n) is 12.6. The van der Waals surface area contributed by atoms with Gasteiger partial charge in [0, 0.05) is 51.6 Å². The summed E-state index contributed by atoms with van der Waals surface area (Å²) >= 11 is 0. The summed E-state index contributed by atoms with van der Waals surface area (Å²) in [5.74, 6) is 3.06. The van der Waals surface area contributed by atoms with E-state index in [1.807, 2.05) is 36.3 Å². The van der Waals surface area contributed by atoms with Crippen molar-refractivity contribution in [3.8, 4) is 5.75 Å². The number of aliphatic imine (C=N–C) groups is 1. The lowest BCUT2D eigenvalue weighted by molar-refractivity contribution is 0.0765. The molecule has 180 valence electrons. The first-order chi connectivity index (χ1) is 16.6. The molecule has 6 rings (SSSR count). The zero-order valence-electron chi connectivity index (χ0n) is 20.1. The molecule has 1 aromatic carbocycles. The molecule has 7 nitrogen and oxygen atoms in total. The van der Waals surface area contributed by atoms with Gasteiger partial charge in [-0.15, -0.1) is 0 Å². The number of anilines is 2. The van der Waals surface area contributed by atoms with Crippen LogP contribution in [0.3, 0.4) is 0 Å². The molecule has 3 aliphatic heterocycles. The Hall–Kier alpha value is -3.09. The van der Waals surface area contributed by atoms with E-state index in [0.717, 1.165) is 49.5 Å². The topological polar surface area (TPSA) is 70.1 Å². The molecule has 1 saturated carbocycles. The number of rotatable bonds is 5. The molecule has 1 amide bonds. The van der Waals surface area contributed by atoms with E-state index in [9.17, 15) is 4.79 Å². The van der Waals surface area contributed by atoms with Gasteiger partial charge in [-0.25, -0.2) is 4.98 Å². The minimum absolute atomic E-state index is 0. The molecule has 0 radical (unpaired) electrons. The number of hydrogen-bond acceptors (Lipinski definition) is 6. The van der Waals surface area contributed by atoms with Crippen LogP contribution in [0.25, 0.3) is 0 Å². The van der Waals surface area contributed by atoms with E-state index in [1.54, 1.807) is 0 Å². The molecule has 3 unspecified atom stereocenters. The average Bonchev–Trinajstić information content (AvgIpc) is 3.63. The van der Waals surface area contributed by atoms with Crippen molar-refractivity contribution in [3.63, 3.8) is 0 Å². The number of carbonyl (C=O) groups is 1. The van der Waals surface area contributed by atoms with Crippen molar-refractivity contribution in [1.29, 1.82) is 0 Å². The van der Waals surface area contributed by atoms with Gasteiger partial charge in [-0.2, -0.15) is 0 Å². The van der Waals surface area contributed by atoms with Gasteiger partial charge in [0.25, 0.3) is 5.91 Å². The predicted molar refractivity (Wildman–Crippen MR) is 136 cm³/mol. The average molecular weight is 462 g/mol. The summed E-state index contributed by atoms with van der Waals surface area (Å²) in [4.78, 5) is 27.3. The van der Waals surface area contributed by atoms with Crippen LogP contribution < -0.4 is 15.0 Å². The number of amides is 1. The summed E-state index contributed by atoms with van der Waals surface area (Å²) in [6.07, 6.45) is 9.12. The fraction of sp³-hybridized carbons (Fsp3) is 0.519. The molecular weight excluding hydrogens is 426 g/mol. The molecule has 34 heavy (non-hydrogen) atoms. The van der Waals surface area contributed by atoms with Crippen LogP contribution in [0.1, 0.15) is 49.1 Å². The van der Waals surface area contributed by atoms with E-state index in [0.29, 0.717) is 37.0 Å². The van der Waals surface area contributed by atoms with Gasteiger partial charge in [0.1, 0.15) is 11.6 Å². The molecule has 1 fully saturated rings. The Balaban J connectivity index is 0.00000253. The molecule has 1 spiro atoms. The minimum Gasteiger partial charge on any atom is -0.493 e. The molecule has 7 heteroatoms. The Labute approximate surface area is 202 Å². The Morgan fingerprint density at radius 3 is 3.12 bits per heavy atom. The number of ether oxygens (including phenoxy) is 1. The van der Waals surface area contributed by atoms with Crippen LogP contribution in [0.4, 0.5) is 11.5 Å². The number of carbonyl (C=O) groups excluding carboxylic acids is 1. The number of likely N-dealkylation sites (N-methyl/N-ethyl adjacent to an activating group) is 2. The number of fused-ring (bicyclic) bond motifs is 3. The fourth-order valence-electron chi connectivity index (χ4n) is 5.97. The summed E-state index contributed by atoms with van der Waals surface area (Å²) < 4.78 is 6.18. The van der Waals surface area contributed by atoms with Crippen LogP contribution in [0.5, 0.6) is 5.75 Å². The van der Waals surface area contributed by atoms with Crippen LogP contribution in [-0.2, 0) is 12.8 Å². The van der Waals surface area contributed by atoms with Crippen molar-refractivity contribution in [1.82, 2.24) is 9.88 Å². The van der Waals surface area contributed by atoms with Gasteiger partial charge in [-0.3, -0.25) is 9.79 Å². The maximum Gasteiger partial charge on any atom is 0.257 e. The SMILES string of the molecule is CCN1c2ncc(CCOc3cccc4c3CCCN4)cc2C(=O)N(C)CC12CC1CC1C=N2.[HH]. The minimum atomic E-state index is -0.403. The smallest absolute Gasteiger partial charge is 0.257 e. The Morgan fingerprint density at radius 2 is 2.26 bits per heavy atom. The van der Waals surface area contributed by atoms with Crippen LogP contribution in [0.2, 0.25) is 0 Å². The highest BCUT2D eigenvalue weighted by Crippen LogP contribution is 2.50. The third-order valence-corrected chi connectivity index (χ3v) is 7.84. The summed E-state index contributed by atoms with van der Waals surface area (Å²) in [6.45, 7) is 5.07. The van der Waals surface area contributed by atoms with Crippen molar-refractivity contribution in [2.24, 2.45) is 16.8 Å². The van der Waals surface area contributed by atoms with Crippen LogP contribution in [0.15, 0.2) is 35.5 Å². The molecular formula is C27H35N5O2. The van der Waals surface area contributed by atoms with Gasteiger partial charge in [0.2, 0.25) is 0 Å². The lowest BCUT2D eigenvalue weighted by Crippen LogP contribution is -2.55. The molecule has 2 aromatic rings. The van der Waals surface area contributed by atoms with Crippen LogP contribution in [0, 0.1) is 11.8 Å². The van der Waals surface area contributed by atoms with E-state index in [-0.39, 0.29) is 7.33 Å². The van der Waals surface area contributed by atoms with Crippen molar-refractivity contribution in [3.05, 3.63) is 47.2 Å². The molecule has 3 atom stereocenters. The Bertz CT molecular complexity index is 1150. The molecule has 1 aliphatic carbocycles. The van der Waals surface area contributed by atoms with E-state index in [2.05, 4.69) is 29.4 Å². The van der Waals surface area contributed by atoms with Gasteiger partial charge >= 0.3 is 0 Å². The van der Waals surface area contributed by atoms with Crippen LogP contribution in [-0.4, -0.2) is 61.0 Å². The van der Waals surface area contributed by atoms with Crippen molar-refractivity contribution in [2.75, 3.05) is 43.5 Å². The lowest BCUT2D eigenvalue weighted by Gasteiger charge is -2.42. The molecule has 4 heterocycles. The van der Waals surface area contributed by atoms with Crippen molar-refractivity contribution >= 4 is 23.6 Å². The number of nitrogens with zero attached hydrogens (tertiary/aromatic N) is 4. The second-order valence-electron chi connectivity index (χ2n) is 10.2. The summed E-state index contributed by atoms with van der Waals surface area (Å²) in [6, 6.07) is 8.22. The molecule has 1 aromatic heterocycles. The largest absolute Gasteiger partial charge is 0.493 e. The van der Waals surface area contributed by atoms with Gasteiger partial charge in [-0.1, -0.05) is 6.07 Å². The number of aromatic nitrogens is 1. The van der Waals surface area contributed by atoms with Gasteiger partial charge in [0.05, 0.1) is 18.7 Å². The summed E-state index contributed by atoms with van der Waals surface area (Å²) in [7, 11) is 1.89. The maximum atomic E-state index is 13.4. The highest BCUT2D eigenvalue weighted by Gasteiger charge is 2.52. The van der Waals surface area contributed by atoms with Crippen molar-refractivity contribution < 1.29 is 11.0 Å². The number of benzene rings is 1. The van der Waals surface area contributed by atoms with E-state index >= 15 is 0 Å². The molecule has 0 saturated heterocycles. The third-order valence-electron chi connectivity index (χ3n) is 7.84. The monoisotopic (exact) mass is 461 g/mol. The summed E-state index contributed by atoms with van der Waals surface area (Å²) in [5, 5.41) is 3.45. The normalized spacial score (nSPS) is 26.9. The number of pyridine rings is 1. The molecule has 1 N–H and O–H groups in total.